The molecule has 7 atom stereocenters. The van der Waals surface area contributed by atoms with Gasteiger partial charge in [-0.05, 0) is 19.3 Å². The van der Waals surface area contributed by atoms with Gasteiger partial charge in [-0.25, -0.2) is 4.79 Å². The number of rotatable bonds is 13. The smallest absolute Gasteiger partial charge is 0.332 e. The molecule has 1 aliphatic rings. The first kappa shape index (κ1) is 28.5. The molecule has 14 heteroatoms. The van der Waals surface area contributed by atoms with Crippen molar-refractivity contribution in [1.82, 2.24) is 10.6 Å². The number of carbonyl (C=O) groups is 3. The maximum atomic E-state index is 12.6. The first-order valence-electron chi connectivity index (χ1n) is 10.8. The molecule has 1 heterocycles. The van der Waals surface area contributed by atoms with E-state index >= 15 is 0 Å². The van der Waals surface area contributed by atoms with Crippen LogP contribution >= 0.6 is 0 Å². The molecule has 0 aromatic carbocycles. The largest absolute Gasteiger partial charge is 0.479 e. The summed E-state index contributed by atoms with van der Waals surface area (Å²) in [6, 6.07) is -1.80. The van der Waals surface area contributed by atoms with E-state index in [9.17, 15) is 29.7 Å². The van der Waals surface area contributed by atoms with Crippen molar-refractivity contribution in [1.29, 1.82) is 0 Å². The Balaban J connectivity index is 2.61. The van der Waals surface area contributed by atoms with Crippen LogP contribution < -0.4 is 27.8 Å². The first-order chi connectivity index (χ1) is 15.5. The molecule has 12 N–H and O–H groups in total. The summed E-state index contributed by atoms with van der Waals surface area (Å²) in [6.07, 6.45) is -5.96. The molecular formula is C19H36N6O8. The van der Waals surface area contributed by atoms with Crippen LogP contribution in [0, 0.1) is 0 Å². The second-order valence-corrected chi connectivity index (χ2v) is 7.94. The number of nitrogens with zero attached hydrogens (tertiary/aromatic N) is 1. The van der Waals surface area contributed by atoms with E-state index in [0.717, 1.165) is 0 Å². The van der Waals surface area contributed by atoms with Crippen molar-refractivity contribution in [2.24, 2.45) is 22.2 Å². The Morgan fingerprint density at radius 1 is 1.18 bits per heavy atom. The van der Waals surface area contributed by atoms with E-state index in [2.05, 4.69) is 15.6 Å². The molecular weight excluding hydrogens is 440 g/mol. The van der Waals surface area contributed by atoms with Gasteiger partial charge in [-0.3, -0.25) is 14.6 Å². The Morgan fingerprint density at radius 3 is 2.42 bits per heavy atom. The maximum absolute atomic E-state index is 12.6. The number of aliphatic hydroxyl groups is 3. The molecule has 0 aliphatic carbocycles. The number of nitrogens with two attached hydrogens (primary N) is 3. The predicted molar refractivity (Wildman–Crippen MR) is 117 cm³/mol. The Morgan fingerprint density at radius 2 is 1.85 bits per heavy atom. The summed E-state index contributed by atoms with van der Waals surface area (Å²) in [5.74, 6) is -2.54. The van der Waals surface area contributed by atoms with Crippen LogP contribution in [0.2, 0.25) is 0 Å². The summed E-state index contributed by atoms with van der Waals surface area (Å²) in [7, 11) is 0. The molecule has 0 aromatic heterocycles. The molecule has 0 saturated carbocycles. The van der Waals surface area contributed by atoms with E-state index in [1.807, 2.05) is 6.92 Å². The Bertz CT molecular complexity index is 689. The van der Waals surface area contributed by atoms with Crippen LogP contribution in [0.4, 0.5) is 0 Å². The number of aliphatic hydroxyl groups excluding tert-OH is 3. The summed E-state index contributed by atoms with van der Waals surface area (Å²) >= 11 is 0. The lowest BCUT2D eigenvalue weighted by Gasteiger charge is -2.37. The van der Waals surface area contributed by atoms with Gasteiger partial charge in [0.1, 0.15) is 24.4 Å². The zero-order valence-electron chi connectivity index (χ0n) is 18.6. The van der Waals surface area contributed by atoms with E-state index in [1.54, 1.807) is 0 Å². The van der Waals surface area contributed by atoms with Crippen molar-refractivity contribution in [2.75, 3.05) is 13.1 Å². The number of guanidine groups is 1. The fourth-order valence-corrected chi connectivity index (χ4v) is 3.31. The summed E-state index contributed by atoms with van der Waals surface area (Å²) in [5, 5.41) is 44.3. The SMILES string of the molecule is CCC[C@H](NC(=O)[C@@H](N)CCCN=C(N)N)C(=O)NC[C@@H](O)[C@H]1O[C@H](C(=O)O)C[C@@H](O)[C@H]1O. The van der Waals surface area contributed by atoms with Crippen molar-refractivity contribution in [3.8, 4) is 0 Å². The molecule has 2 amide bonds. The lowest BCUT2D eigenvalue weighted by atomic mass is 9.94. The standard InChI is InChI=1S/C19H36N6O8/c1-2-4-10(25-16(29)9(20)5-3-6-23-19(21)22)17(30)24-8-12(27)15-14(28)11(26)7-13(33-15)18(31)32/h9-15,26-28H,2-8,20H2,1H3,(H,24,30)(H,25,29)(H,31,32)(H4,21,22,23)/t9-,10-,11+,12+,13-,14+,15+/m0/s1. The molecule has 0 spiro atoms. The van der Waals surface area contributed by atoms with Crippen LogP contribution in [0.1, 0.15) is 39.0 Å². The minimum atomic E-state index is -1.53. The lowest BCUT2D eigenvalue weighted by Crippen LogP contribution is -2.58. The number of ether oxygens (including phenoxy) is 1. The number of carboxylic acid groups (broad SMARTS) is 1. The van der Waals surface area contributed by atoms with Gasteiger partial charge < -0.3 is 53.0 Å². The third kappa shape index (κ3) is 9.47. The summed E-state index contributed by atoms with van der Waals surface area (Å²) in [6.45, 7) is 1.73. The molecule has 1 fully saturated rings. The molecule has 14 nitrogen and oxygen atoms in total. The second kappa shape index (κ2) is 13.9. The van der Waals surface area contributed by atoms with Gasteiger partial charge in [-0.15, -0.1) is 0 Å². The number of amides is 2. The number of aliphatic imine (C=N–C) groups is 1. The number of aliphatic carboxylic acids is 1. The fraction of sp³-hybridized carbons (Fsp3) is 0.789. The average Bonchev–Trinajstić information content (AvgIpc) is 2.75. The van der Waals surface area contributed by atoms with Crippen molar-refractivity contribution in [3.05, 3.63) is 0 Å². The number of carbonyl (C=O) groups excluding carboxylic acids is 2. The monoisotopic (exact) mass is 476 g/mol. The average molecular weight is 477 g/mol. The van der Waals surface area contributed by atoms with Crippen LogP contribution in [-0.2, 0) is 19.1 Å². The van der Waals surface area contributed by atoms with Crippen molar-refractivity contribution in [2.45, 2.75) is 81.6 Å². The molecule has 0 radical (unpaired) electrons. The highest BCUT2D eigenvalue weighted by molar-refractivity contribution is 5.89. The summed E-state index contributed by atoms with van der Waals surface area (Å²) in [5.41, 5.74) is 16.3. The van der Waals surface area contributed by atoms with Crippen molar-refractivity contribution >= 4 is 23.7 Å². The van der Waals surface area contributed by atoms with E-state index in [-0.39, 0.29) is 12.4 Å². The highest BCUT2D eigenvalue weighted by Crippen LogP contribution is 2.23. The van der Waals surface area contributed by atoms with Crippen LogP contribution in [0.3, 0.4) is 0 Å². The van der Waals surface area contributed by atoms with Gasteiger partial charge in [-0.2, -0.15) is 0 Å². The Kier molecular flexibility index (Phi) is 12.0. The normalized spacial score (nSPS) is 25.4. The third-order valence-electron chi connectivity index (χ3n) is 5.16. The first-order valence-corrected chi connectivity index (χ1v) is 10.8. The lowest BCUT2D eigenvalue weighted by molar-refractivity contribution is -0.208. The van der Waals surface area contributed by atoms with Gasteiger partial charge in [0, 0.05) is 19.5 Å². The number of hydrogen-bond donors (Lipinski definition) is 9. The third-order valence-corrected chi connectivity index (χ3v) is 5.16. The van der Waals surface area contributed by atoms with E-state index in [0.29, 0.717) is 32.2 Å². The highest BCUT2D eigenvalue weighted by atomic mass is 16.5. The minimum absolute atomic E-state index is 0.0611. The highest BCUT2D eigenvalue weighted by Gasteiger charge is 2.43. The molecule has 1 rings (SSSR count). The van der Waals surface area contributed by atoms with Crippen LogP contribution in [0.25, 0.3) is 0 Å². The van der Waals surface area contributed by atoms with Crippen molar-refractivity contribution < 1.29 is 39.5 Å². The van der Waals surface area contributed by atoms with Gasteiger partial charge >= 0.3 is 5.97 Å². The minimum Gasteiger partial charge on any atom is -0.479 e. The topological polar surface area (TPSA) is 256 Å². The van der Waals surface area contributed by atoms with Gasteiger partial charge in [0.15, 0.2) is 12.1 Å². The van der Waals surface area contributed by atoms with Crippen LogP contribution in [0.15, 0.2) is 4.99 Å². The molecule has 1 saturated heterocycles. The van der Waals surface area contributed by atoms with Gasteiger partial charge in [-0.1, -0.05) is 13.3 Å². The maximum Gasteiger partial charge on any atom is 0.332 e. The fourth-order valence-electron chi connectivity index (χ4n) is 3.31. The summed E-state index contributed by atoms with van der Waals surface area (Å²) in [4.78, 5) is 39.8. The van der Waals surface area contributed by atoms with Gasteiger partial charge in [0.2, 0.25) is 11.8 Å². The number of carboxylic acids is 1. The Labute approximate surface area is 191 Å². The molecule has 1 aliphatic heterocycles. The van der Waals surface area contributed by atoms with Gasteiger partial charge in [0.05, 0.1) is 12.1 Å². The number of nitrogens with one attached hydrogen (secondary N) is 2. The van der Waals surface area contributed by atoms with E-state index < -0.39 is 66.9 Å². The van der Waals surface area contributed by atoms with Crippen LogP contribution in [-0.4, -0.2) is 99.9 Å². The van der Waals surface area contributed by atoms with Crippen LogP contribution in [0.5, 0.6) is 0 Å². The molecule has 0 bridgehead atoms. The second-order valence-electron chi connectivity index (χ2n) is 7.94. The molecule has 33 heavy (non-hydrogen) atoms. The molecule has 0 unspecified atom stereocenters. The molecule has 190 valence electrons. The van der Waals surface area contributed by atoms with E-state index in [1.165, 1.54) is 0 Å². The van der Waals surface area contributed by atoms with Crippen molar-refractivity contribution in [3.63, 3.8) is 0 Å². The number of hydrogen-bond acceptors (Lipinski definition) is 9. The van der Waals surface area contributed by atoms with E-state index in [4.69, 9.17) is 27.0 Å². The molecule has 0 aromatic rings. The summed E-state index contributed by atoms with van der Waals surface area (Å²) < 4.78 is 5.17. The quantitative estimate of drug-likeness (QED) is 0.0704. The predicted octanol–water partition coefficient (Wildman–Crippen LogP) is -3.91. The Hall–Kier alpha value is -2.52. The zero-order valence-corrected chi connectivity index (χ0v) is 18.6. The zero-order chi connectivity index (χ0) is 25.1. The van der Waals surface area contributed by atoms with Gasteiger partial charge in [0.25, 0.3) is 0 Å².